The standard InChI is InChI=1S/C14H18BrNO4/c1-8(2)12(14(18)20-4)16-13(17)10-6-5-9(15)7-11(10)19-3/h5-8,12H,1-4H3,(H,16,17)/t12-/m0/s1. The maximum Gasteiger partial charge on any atom is 0.328 e. The van der Waals surface area contributed by atoms with Crippen molar-refractivity contribution in [2.75, 3.05) is 14.2 Å². The molecule has 0 saturated heterocycles. The third kappa shape index (κ3) is 3.96. The van der Waals surface area contributed by atoms with Crippen molar-refractivity contribution in [1.29, 1.82) is 0 Å². The monoisotopic (exact) mass is 343 g/mol. The van der Waals surface area contributed by atoms with E-state index in [-0.39, 0.29) is 11.8 Å². The lowest BCUT2D eigenvalue weighted by atomic mass is 10.0. The summed E-state index contributed by atoms with van der Waals surface area (Å²) in [6.07, 6.45) is 0. The lowest BCUT2D eigenvalue weighted by Gasteiger charge is -2.20. The molecule has 1 aromatic carbocycles. The second kappa shape index (κ2) is 7.28. The molecule has 0 aliphatic carbocycles. The first-order valence-electron chi connectivity index (χ1n) is 6.13. The zero-order chi connectivity index (χ0) is 15.3. The zero-order valence-corrected chi connectivity index (χ0v) is 13.5. The van der Waals surface area contributed by atoms with Crippen molar-refractivity contribution in [2.24, 2.45) is 5.92 Å². The van der Waals surface area contributed by atoms with E-state index in [4.69, 9.17) is 9.47 Å². The van der Waals surface area contributed by atoms with Gasteiger partial charge < -0.3 is 14.8 Å². The first-order chi connectivity index (χ1) is 9.40. The molecule has 1 N–H and O–H groups in total. The van der Waals surface area contributed by atoms with Crippen molar-refractivity contribution >= 4 is 27.8 Å². The predicted molar refractivity (Wildman–Crippen MR) is 78.8 cm³/mol. The number of methoxy groups -OCH3 is 2. The van der Waals surface area contributed by atoms with Crippen molar-refractivity contribution in [3.05, 3.63) is 28.2 Å². The molecular formula is C14H18BrNO4. The van der Waals surface area contributed by atoms with Crippen LogP contribution in [0.3, 0.4) is 0 Å². The van der Waals surface area contributed by atoms with Crippen LogP contribution in [0.2, 0.25) is 0 Å². The minimum atomic E-state index is -0.694. The molecule has 1 aromatic rings. The molecule has 0 saturated carbocycles. The fourth-order valence-corrected chi connectivity index (χ4v) is 2.04. The van der Waals surface area contributed by atoms with Crippen molar-refractivity contribution in [3.8, 4) is 5.75 Å². The molecular weight excluding hydrogens is 326 g/mol. The zero-order valence-electron chi connectivity index (χ0n) is 11.9. The molecule has 0 fully saturated rings. The van der Waals surface area contributed by atoms with E-state index >= 15 is 0 Å². The second-order valence-corrected chi connectivity index (χ2v) is 5.48. The summed E-state index contributed by atoms with van der Waals surface area (Å²) in [5.41, 5.74) is 0.366. The van der Waals surface area contributed by atoms with E-state index in [1.165, 1.54) is 14.2 Å². The highest BCUT2D eigenvalue weighted by Gasteiger charge is 2.26. The Balaban J connectivity index is 2.97. The average Bonchev–Trinajstić information content (AvgIpc) is 2.42. The van der Waals surface area contributed by atoms with Crippen molar-refractivity contribution in [2.45, 2.75) is 19.9 Å². The number of benzene rings is 1. The fraction of sp³-hybridized carbons (Fsp3) is 0.429. The summed E-state index contributed by atoms with van der Waals surface area (Å²) in [6.45, 7) is 3.67. The summed E-state index contributed by atoms with van der Waals surface area (Å²) in [7, 11) is 2.78. The van der Waals surface area contributed by atoms with Gasteiger partial charge in [0, 0.05) is 4.47 Å². The molecule has 0 spiro atoms. The summed E-state index contributed by atoms with van der Waals surface area (Å²) >= 11 is 3.31. The minimum Gasteiger partial charge on any atom is -0.496 e. The number of hydrogen-bond donors (Lipinski definition) is 1. The van der Waals surface area contributed by atoms with Gasteiger partial charge in [-0.25, -0.2) is 4.79 Å². The number of carbonyl (C=O) groups excluding carboxylic acids is 2. The summed E-state index contributed by atoms with van der Waals surface area (Å²) in [5, 5.41) is 2.67. The number of hydrogen-bond acceptors (Lipinski definition) is 4. The van der Waals surface area contributed by atoms with Crippen LogP contribution in [0.5, 0.6) is 5.75 Å². The first-order valence-corrected chi connectivity index (χ1v) is 6.92. The summed E-state index contributed by atoms with van der Waals surface area (Å²) < 4.78 is 10.7. The normalized spacial score (nSPS) is 11.9. The van der Waals surface area contributed by atoms with E-state index in [0.29, 0.717) is 11.3 Å². The van der Waals surface area contributed by atoms with Crippen LogP contribution in [0.4, 0.5) is 0 Å². The van der Waals surface area contributed by atoms with Crippen LogP contribution >= 0.6 is 15.9 Å². The Hall–Kier alpha value is -1.56. The van der Waals surface area contributed by atoms with E-state index in [0.717, 1.165) is 4.47 Å². The highest BCUT2D eigenvalue weighted by atomic mass is 79.9. The number of amides is 1. The molecule has 0 bridgehead atoms. The topological polar surface area (TPSA) is 64.6 Å². The van der Waals surface area contributed by atoms with Gasteiger partial charge in [0.25, 0.3) is 5.91 Å². The Morgan fingerprint density at radius 1 is 1.25 bits per heavy atom. The smallest absolute Gasteiger partial charge is 0.328 e. The van der Waals surface area contributed by atoms with Crippen LogP contribution in [0, 0.1) is 5.92 Å². The van der Waals surface area contributed by atoms with Crippen LogP contribution in [0.1, 0.15) is 24.2 Å². The Morgan fingerprint density at radius 2 is 1.90 bits per heavy atom. The molecule has 6 heteroatoms. The van der Waals surface area contributed by atoms with Gasteiger partial charge in [0.05, 0.1) is 19.8 Å². The summed E-state index contributed by atoms with van der Waals surface area (Å²) in [4.78, 5) is 23.9. The van der Waals surface area contributed by atoms with Crippen LogP contribution in [0.25, 0.3) is 0 Å². The number of ether oxygens (including phenoxy) is 2. The number of halogens is 1. The van der Waals surface area contributed by atoms with Gasteiger partial charge in [-0.15, -0.1) is 0 Å². The first kappa shape index (κ1) is 16.5. The third-order valence-corrected chi connectivity index (χ3v) is 3.31. The largest absolute Gasteiger partial charge is 0.496 e. The highest BCUT2D eigenvalue weighted by molar-refractivity contribution is 9.10. The summed E-state index contributed by atoms with van der Waals surface area (Å²) in [6, 6.07) is 4.37. The number of esters is 1. The van der Waals surface area contributed by atoms with Gasteiger partial charge in [-0.05, 0) is 24.1 Å². The molecule has 1 rings (SSSR count). The average molecular weight is 344 g/mol. The van der Waals surface area contributed by atoms with Gasteiger partial charge in [0.1, 0.15) is 11.8 Å². The van der Waals surface area contributed by atoms with Gasteiger partial charge in [0.15, 0.2) is 0 Å². The number of nitrogens with one attached hydrogen (secondary N) is 1. The van der Waals surface area contributed by atoms with Crippen molar-refractivity contribution in [3.63, 3.8) is 0 Å². The van der Waals surface area contributed by atoms with E-state index in [1.807, 2.05) is 13.8 Å². The van der Waals surface area contributed by atoms with E-state index in [9.17, 15) is 9.59 Å². The van der Waals surface area contributed by atoms with Gasteiger partial charge in [-0.2, -0.15) is 0 Å². The Morgan fingerprint density at radius 3 is 2.40 bits per heavy atom. The Kier molecular flexibility index (Phi) is 6.01. The van der Waals surface area contributed by atoms with E-state index < -0.39 is 12.0 Å². The van der Waals surface area contributed by atoms with E-state index in [1.54, 1.807) is 18.2 Å². The van der Waals surface area contributed by atoms with Gasteiger partial charge in [0.2, 0.25) is 0 Å². The highest BCUT2D eigenvalue weighted by Crippen LogP contribution is 2.23. The number of carbonyl (C=O) groups is 2. The molecule has 5 nitrogen and oxygen atoms in total. The molecule has 0 radical (unpaired) electrons. The number of rotatable bonds is 5. The fourth-order valence-electron chi connectivity index (χ4n) is 1.70. The van der Waals surface area contributed by atoms with Crippen LogP contribution < -0.4 is 10.1 Å². The third-order valence-electron chi connectivity index (χ3n) is 2.82. The lowest BCUT2D eigenvalue weighted by molar-refractivity contribution is -0.144. The quantitative estimate of drug-likeness (QED) is 0.833. The van der Waals surface area contributed by atoms with Gasteiger partial charge >= 0.3 is 5.97 Å². The van der Waals surface area contributed by atoms with Crippen molar-refractivity contribution in [1.82, 2.24) is 5.32 Å². The molecule has 0 aliphatic heterocycles. The van der Waals surface area contributed by atoms with Gasteiger partial charge in [-0.1, -0.05) is 29.8 Å². The minimum absolute atomic E-state index is 0.0761. The van der Waals surface area contributed by atoms with E-state index in [2.05, 4.69) is 21.2 Å². The molecule has 0 aliphatic rings. The molecule has 0 heterocycles. The van der Waals surface area contributed by atoms with Crippen LogP contribution in [-0.2, 0) is 9.53 Å². The molecule has 20 heavy (non-hydrogen) atoms. The molecule has 0 aromatic heterocycles. The SMILES string of the molecule is COC(=O)[C@@H](NC(=O)c1ccc(Br)cc1OC)C(C)C. The van der Waals surface area contributed by atoms with Crippen molar-refractivity contribution < 1.29 is 19.1 Å². The molecule has 0 unspecified atom stereocenters. The Bertz CT molecular complexity index is 502. The van der Waals surface area contributed by atoms with Crippen LogP contribution in [-0.4, -0.2) is 32.1 Å². The Labute approximate surface area is 126 Å². The van der Waals surface area contributed by atoms with Crippen LogP contribution in [0.15, 0.2) is 22.7 Å². The lowest BCUT2D eigenvalue weighted by Crippen LogP contribution is -2.45. The molecule has 1 atom stereocenters. The maximum absolute atomic E-state index is 12.3. The molecule has 1 amide bonds. The maximum atomic E-state index is 12.3. The van der Waals surface area contributed by atoms with Gasteiger partial charge in [-0.3, -0.25) is 4.79 Å². The molecule has 110 valence electrons. The second-order valence-electron chi connectivity index (χ2n) is 4.56. The predicted octanol–water partition coefficient (Wildman–Crippen LogP) is 2.39. The summed E-state index contributed by atoms with van der Waals surface area (Å²) in [5.74, 6) is -0.486.